The highest BCUT2D eigenvalue weighted by atomic mass is 35.5. The topological polar surface area (TPSA) is 27.3 Å². The average Bonchev–Trinajstić information content (AvgIpc) is 2.33. The first-order valence-electron chi connectivity index (χ1n) is 5.33. The standard InChI is InChI=1S/C11H14ClN3S/c12-9-3-5-10(6-4-9)14-11(16)15-8-2-1-7-13-15/h3-6,13H,1-2,7-8H2,(H,14,16). The Kier molecular flexibility index (Phi) is 3.98. The van der Waals surface area contributed by atoms with Gasteiger partial charge in [-0.2, -0.15) is 0 Å². The maximum atomic E-state index is 5.81. The van der Waals surface area contributed by atoms with Gasteiger partial charge in [-0.15, -0.1) is 0 Å². The second-order valence-electron chi connectivity index (χ2n) is 3.70. The Labute approximate surface area is 106 Å². The molecule has 0 atom stereocenters. The molecule has 86 valence electrons. The minimum Gasteiger partial charge on any atom is -0.332 e. The van der Waals surface area contributed by atoms with Gasteiger partial charge in [0.15, 0.2) is 5.11 Å². The molecule has 0 radical (unpaired) electrons. The van der Waals surface area contributed by atoms with Gasteiger partial charge >= 0.3 is 0 Å². The third kappa shape index (κ3) is 3.07. The molecule has 1 saturated heterocycles. The SMILES string of the molecule is S=C(Nc1ccc(Cl)cc1)N1CCCCN1. The summed E-state index contributed by atoms with van der Waals surface area (Å²) in [6.07, 6.45) is 2.38. The Hall–Kier alpha value is -0.840. The van der Waals surface area contributed by atoms with E-state index in [4.69, 9.17) is 23.8 Å². The molecule has 1 heterocycles. The van der Waals surface area contributed by atoms with E-state index >= 15 is 0 Å². The van der Waals surface area contributed by atoms with Crippen molar-refractivity contribution in [3.05, 3.63) is 29.3 Å². The zero-order valence-corrected chi connectivity index (χ0v) is 10.4. The van der Waals surface area contributed by atoms with Crippen molar-refractivity contribution in [1.82, 2.24) is 10.4 Å². The quantitative estimate of drug-likeness (QED) is 0.755. The Morgan fingerprint density at radius 3 is 2.69 bits per heavy atom. The van der Waals surface area contributed by atoms with Crippen LogP contribution in [0.1, 0.15) is 12.8 Å². The predicted molar refractivity (Wildman–Crippen MR) is 71.6 cm³/mol. The Morgan fingerprint density at radius 1 is 1.31 bits per heavy atom. The van der Waals surface area contributed by atoms with Gasteiger partial charge in [-0.1, -0.05) is 11.6 Å². The summed E-state index contributed by atoms with van der Waals surface area (Å²) in [4.78, 5) is 0. The molecule has 0 amide bonds. The summed E-state index contributed by atoms with van der Waals surface area (Å²) in [6.45, 7) is 1.95. The molecular weight excluding hydrogens is 242 g/mol. The summed E-state index contributed by atoms with van der Waals surface area (Å²) < 4.78 is 0. The van der Waals surface area contributed by atoms with Gasteiger partial charge in [0.2, 0.25) is 0 Å². The number of nitrogens with zero attached hydrogens (tertiary/aromatic N) is 1. The van der Waals surface area contributed by atoms with Crippen molar-refractivity contribution in [3.63, 3.8) is 0 Å². The van der Waals surface area contributed by atoms with E-state index in [9.17, 15) is 0 Å². The number of hydrogen-bond donors (Lipinski definition) is 2. The van der Waals surface area contributed by atoms with Gasteiger partial charge in [0.05, 0.1) is 0 Å². The molecule has 5 heteroatoms. The molecule has 2 N–H and O–H groups in total. The molecule has 0 spiro atoms. The number of rotatable bonds is 1. The van der Waals surface area contributed by atoms with Gasteiger partial charge in [-0.25, -0.2) is 5.43 Å². The first-order chi connectivity index (χ1) is 7.75. The van der Waals surface area contributed by atoms with Crippen LogP contribution in [0.3, 0.4) is 0 Å². The largest absolute Gasteiger partial charge is 0.332 e. The third-order valence-electron chi connectivity index (χ3n) is 2.45. The lowest BCUT2D eigenvalue weighted by molar-refractivity contribution is 0.261. The van der Waals surface area contributed by atoms with E-state index in [0.29, 0.717) is 5.11 Å². The summed E-state index contributed by atoms with van der Waals surface area (Å²) >= 11 is 11.1. The van der Waals surface area contributed by atoms with Crippen LogP contribution in [-0.4, -0.2) is 23.2 Å². The zero-order chi connectivity index (χ0) is 11.4. The van der Waals surface area contributed by atoms with Crippen LogP contribution in [0, 0.1) is 0 Å². The summed E-state index contributed by atoms with van der Waals surface area (Å²) in [5.74, 6) is 0. The Balaban J connectivity index is 1.93. The van der Waals surface area contributed by atoms with Crippen molar-refractivity contribution in [2.24, 2.45) is 0 Å². The number of hydrazine groups is 1. The van der Waals surface area contributed by atoms with Crippen LogP contribution in [0.4, 0.5) is 5.69 Å². The van der Waals surface area contributed by atoms with Gasteiger partial charge in [0, 0.05) is 23.8 Å². The van der Waals surface area contributed by atoms with E-state index in [1.54, 1.807) is 0 Å². The minimum absolute atomic E-state index is 0.710. The lowest BCUT2D eigenvalue weighted by atomic mass is 10.3. The van der Waals surface area contributed by atoms with E-state index in [1.165, 1.54) is 12.8 Å². The molecule has 0 unspecified atom stereocenters. The van der Waals surface area contributed by atoms with E-state index in [1.807, 2.05) is 29.3 Å². The molecule has 3 nitrogen and oxygen atoms in total. The van der Waals surface area contributed by atoms with E-state index in [2.05, 4.69) is 10.7 Å². The van der Waals surface area contributed by atoms with Gasteiger partial charge < -0.3 is 5.32 Å². The van der Waals surface area contributed by atoms with Crippen molar-refractivity contribution in [2.45, 2.75) is 12.8 Å². The minimum atomic E-state index is 0.710. The molecule has 1 aromatic rings. The van der Waals surface area contributed by atoms with Gasteiger partial charge in [0.25, 0.3) is 0 Å². The normalized spacial score (nSPS) is 15.9. The average molecular weight is 256 g/mol. The molecule has 1 fully saturated rings. The fourth-order valence-corrected chi connectivity index (χ4v) is 1.99. The van der Waals surface area contributed by atoms with Crippen LogP contribution in [0.15, 0.2) is 24.3 Å². The number of hydrogen-bond acceptors (Lipinski definition) is 2. The Bertz CT molecular complexity index is 360. The highest BCUT2D eigenvalue weighted by Gasteiger charge is 2.12. The van der Waals surface area contributed by atoms with Crippen molar-refractivity contribution >= 4 is 34.6 Å². The van der Waals surface area contributed by atoms with Crippen LogP contribution in [-0.2, 0) is 0 Å². The summed E-state index contributed by atoms with van der Waals surface area (Å²) in [7, 11) is 0. The molecule has 0 aliphatic carbocycles. The summed E-state index contributed by atoms with van der Waals surface area (Å²) in [5.41, 5.74) is 4.21. The number of benzene rings is 1. The number of halogens is 1. The second-order valence-corrected chi connectivity index (χ2v) is 4.53. The Morgan fingerprint density at radius 2 is 2.06 bits per heavy atom. The van der Waals surface area contributed by atoms with Crippen molar-refractivity contribution in [1.29, 1.82) is 0 Å². The van der Waals surface area contributed by atoms with E-state index in [0.717, 1.165) is 23.8 Å². The second kappa shape index (κ2) is 5.48. The van der Waals surface area contributed by atoms with Crippen LogP contribution in [0.5, 0.6) is 0 Å². The first-order valence-corrected chi connectivity index (χ1v) is 6.12. The van der Waals surface area contributed by atoms with Crippen LogP contribution >= 0.6 is 23.8 Å². The molecule has 0 bridgehead atoms. The van der Waals surface area contributed by atoms with E-state index < -0.39 is 0 Å². The summed E-state index contributed by atoms with van der Waals surface area (Å²) in [6, 6.07) is 7.52. The van der Waals surface area contributed by atoms with Crippen LogP contribution < -0.4 is 10.7 Å². The fraction of sp³-hybridized carbons (Fsp3) is 0.364. The summed E-state index contributed by atoms with van der Waals surface area (Å²) in [5, 5.41) is 6.59. The smallest absolute Gasteiger partial charge is 0.187 e. The van der Waals surface area contributed by atoms with Crippen LogP contribution in [0.2, 0.25) is 5.02 Å². The maximum absolute atomic E-state index is 5.81. The number of thiocarbonyl (C=S) groups is 1. The van der Waals surface area contributed by atoms with Gasteiger partial charge in [-0.05, 0) is 49.3 Å². The lowest BCUT2D eigenvalue weighted by Crippen LogP contribution is -2.48. The highest BCUT2D eigenvalue weighted by Crippen LogP contribution is 2.14. The number of nitrogens with one attached hydrogen (secondary N) is 2. The molecule has 2 rings (SSSR count). The zero-order valence-electron chi connectivity index (χ0n) is 8.87. The first kappa shape index (κ1) is 11.6. The molecule has 1 aliphatic heterocycles. The van der Waals surface area contributed by atoms with Gasteiger partial charge in [-0.3, -0.25) is 5.01 Å². The van der Waals surface area contributed by atoms with Gasteiger partial charge in [0.1, 0.15) is 0 Å². The maximum Gasteiger partial charge on any atom is 0.187 e. The third-order valence-corrected chi connectivity index (χ3v) is 3.03. The van der Waals surface area contributed by atoms with Crippen LogP contribution in [0.25, 0.3) is 0 Å². The van der Waals surface area contributed by atoms with Crippen molar-refractivity contribution in [3.8, 4) is 0 Å². The number of anilines is 1. The van der Waals surface area contributed by atoms with Crippen molar-refractivity contribution < 1.29 is 0 Å². The fourth-order valence-electron chi connectivity index (χ4n) is 1.59. The lowest BCUT2D eigenvalue weighted by Gasteiger charge is -2.30. The molecular formula is C11H14ClN3S. The van der Waals surface area contributed by atoms with Crippen molar-refractivity contribution in [2.75, 3.05) is 18.4 Å². The molecule has 0 saturated carbocycles. The molecule has 1 aromatic carbocycles. The molecule has 0 aromatic heterocycles. The highest BCUT2D eigenvalue weighted by molar-refractivity contribution is 7.80. The van der Waals surface area contributed by atoms with E-state index in [-0.39, 0.29) is 0 Å². The molecule has 1 aliphatic rings. The predicted octanol–water partition coefficient (Wildman–Crippen LogP) is 2.64. The molecule has 16 heavy (non-hydrogen) atoms. The monoisotopic (exact) mass is 255 g/mol.